The van der Waals surface area contributed by atoms with Crippen LogP contribution in [0.1, 0.15) is 25.5 Å². The van der Waals surface area contributed by atoms with E-state index in [4.69, 9.17) is 9.52 Å². The third-order valence-corrected chi connectivity index (χ3v) is 2.62. The van der Waals surface area contributed by atoms with E-state index in [2.05, 4.69) is 5.32 Å². The molecular weight excluding hydrogens is 218 g/mol. The molecule has 1 rings (SSSR count). The summed E-state index contributed by atoms with van der Waals surface area (Å²) in [6.07, 6.45) is 6.31. The highest BCUT2D eigenvalue weighted by Crippen LogP contribution is 2.06. The molecule has 2 N–H and O–H groups in total. The fourth-order valence-electron chi connectivity index (χ4n) is 1.48. The minimum Gasteiger partial charge on any atom is -0.465 e. The Labute approximate surface area is 101 Å². The Balaban J connectivity index is 2.29. The first-order valence-electron chi connectivity index (χ1n) is 5.86. The number of amides is 1. The van der Waals surface area contributed by atoms with Crippen molar-refractivity contribution in [3.63, 3.8) is 0 Å². The zero-order chi connectivity index (χ0) is 12.5. The minimum absolute atomic E-state index is 0.141. The standard InChI is InChI=1S/C13H19NO3/c1-2-11(7-8-15)10-14-13(16)6-5-12-4-3-9-17-12/h3-6,9,11,15H,2,7-8,10H2,1H3,(H,14,16). The molecule has 1 atom stereocenters. The van der Waals surface area contributed by atoms with Crippen molar-refractivity contribution in [2.75, 3.05) is 13.2 Å². The van der Waals surface area contributed by atoms with Crippen LogP contribution in [-0.4, -0.2) is 24.2 Å². The van der Waals surface area contributed by atoms with Gasteiger partial charge < -0.3 is 14.8 Å². The van der Waals surface area contributed by atoms with E-state index in [-0.39, 0.29) is 12.5 Å². The molecule has 94 valence electrons. The number of hydrogen-bond donors (Lipinski definition) is 2. The Morgan fingerprint density at radius 3 is 3.06 bits per heavy atom. The van der Waals surface area contributed by atoms with Gasteiger partial charge in [-0.25, -0.2) is 0 Å². The van der Waals surface area contributed by atoms with Gasteiger partial charge in [-0.05, 0) is 30.5 Å². The molecule has 0 aromatic carbocycles. The van der Waals surface area contributed by atoms with E-state index in [1.54, 1.807) is 24.5 Å². The zero-order valence-corrected chi connectivity index (χ0v) is 10.1. The lowest BCUT2D eigenvalue weighted by Gasteiger charge is -2.12. The quantitative estimate of drug-likeness (QED) is 0.711. The molecule has 0 saturated heterocycles. The maximum absolute atomic E-state index is 11.5. The van der Waals surface area contributed by atoms with E-state index < -0.39 is 0 Å². The van der Waals surface area contributed by atoms with Crippen LogP contribution < -0.4 is 5.32 Å². The monoisotopic (exact) mass is 237 g/mol. The topological polar surface area (TPSA) is 62.5 Å². The average Bonchev–Trinajstić information content (AvgIpc) is 2.85. The summed E-state index contributed by atoms with van der Waals surface area (Å²) in [7, 11) is 0. The predicted octanol–water partition coefficient (Wildman–Crippen LogP) is 1.82. The van der Waals surface area contributed by atoms with Gasteiger partial charge in [-0.15, -0.1) is 0 Å². The van der Waals surface area contributed by atoms with Crippen LogP contribution >= 0.6 is 0 Å². The van der Waals surface area contributed by atoms with Gasteiger partial charge in [0.05, 0.1) is 6.26 Å². The number of carbonyl (C=O) groups is 1. The molecule has 1 aromatic heterocycles. The highest BCUT2D eigenvalue weighted by Gasteiger charge is 2.06. The third kappa shape index (κ3) is 5.36. The van der Waals surface area contributed by atoms with Crippen molar-refractivity contribution in [2.45, 2.75) is 19.8 Å². The molecule has 0 aliphatic carbocycles. The number of carbonyl (C=O) groups excluding carboxylic acids is 1. The lowest BCUT2D eigenvalue weighted by Crippen LogP contribution is -2.28. The Hall–Kier alpha value is -1.55. The van der Waals surface area contributed by atoms with Crippen LogP contribution in [0.5, 0.6) is 0 Å². The first-order chi connectivity index (χ1) is 8.26. The second-order valence-corrected chi connectivity index (χ2v) is 3.88. The molecule has 4 nitrogen and oxygen atoms in total. The number of nitrogens with one attached hydrogen (secondary N) is 1. The number of aliphatic hydroxyl groups is 1. The van der Waals surface area contributed by atoms with E-state index in [9.17, 15) is 4.79 Å². The summed E-state index contributed by atoms with van der Waals surface area (Å²) in [6, 6.07) is 3.55. The van der Waals surface area contributed by atoms with Gasteiger partial charge in [0.1, 0.15) is 5.76 Å². The fourth-order valence-corrected chi connectivity index (χ4v) is 1.48. The fraction of sp³-hybridized carbons (Fsp3) is 0.462. The number of hydrogen-bond acceptors (Lipinski definition) is 3. The van der Waals surface area contributed by atoms with Crippen LogP contribution in [-0.2, 0) is 4.79 Å². The number of rotatable bonds is 7. The minimum atomic E-state index is -0.141. The zero-order valence-electron chi connectivity index (χ0n) is 10.1. The maximum Gasteiger partial charge on any atom is 0.244 e. The summed E-state index contributed by atoms with van der Waals surface area (Å²) in [5, 5.41) is 11.6. The first kappa shape index (κ1) is 13.5. The van der Waals surface area contributed by atoms with Gasteiger partial charge in [-0.2, -0.15) is 0 Å². The van der Waals surface area contributed by atoms with Crippen molar-refractivity contribution >= 4 is 12.0 Å². The summed E-state index contributed by atoms with van der Waals surface area (Å²) >= 11 is 0. The third-order valence-electron chi connectivity index (χ3n) is 2.62. The van der Waals surface area contributed by atoms with Crippen LogP contribution in [0, 0.1) is 5.92 Å². The van der Waals surface area contributed by atoms with Gasteiger partial charge >= 0.3 is 0 Å². The number of furan rings is 1. The molecule has 0 fully saturated rings. The van der Waals surface area contributed by atoms with Crippen molar-refractivity contribution in [1.29, 1.82) is 0 Å². The van der Waals surface area contributed by atoms with Gasteiger partial charge in [0.15, 0.2) is 0 Å². The summed E-state index contributed by atoms with van der Waals surface area (Å²) in [5.74, 6) is 0.848. The SMILES string of the molecule is CCC(CCO)CNC(=O)C=Cc1ccco1. The molecule has 1 heterocycles. The van der Waals surface area contributed by atoms with Crippen molar-refractivity contribution in [3.05, 3.63) is 30.2 Å². The molecule has 1 aromatic rings. The summed E-state index contributed by atoms with van der Waals surface area (Å²) in [5.41, 5.74) is 0. The van der Waals surface area contributed by atoms with Crippen molar-refractivity contribution < 1.29 is 14.3 Å². The van der Waals surface area contributed by atoms with E-state index in [1.807, 2.05) is 6.92 Å². The normalized spacial score (nSPS) is 12.8. The average molecular weight is 237 g/mol. The van der Waals surface area contributed by atoms with E-state index in [1.165, 1.54) is 6.08 Å². The molecule has 1 amide bonds. The highest BCUT2D eigenvalue weighted by atomic mass is 16.3. The molecule has 0 bridgehead atoms. The molecule has 0 radical (unpaired) electrons. The Bertz CT molecular complexity index is 344. The van der Waals surface area contributed by atoms with Crippen LogP contribution in [0.3, 0.4) is 0 Å². The summed E-state index contributed by atoms with van der Waals surface area (Å²) < 4.78 is 5.07. The maximum atomic E-state index is 11.5. The molecular formula is C13H19NO3. The van der Waals surface area contributed by atoms with Crippen LogP contribution in [0.25, 0.3) is 6.08 Å². The molecule has 0 spiro atoms. The van der Waals surface area contributed by atoms with Crippen molar-refractivity contribution in [1.82, 2.24) is 5.32 Å². The van der Waals surface area contributed by atoms with Gasteiger partial charge in [0.2, 0.25) is 5.91 Å². The molecule has 4 heteroatoms. The van der Waals surface area contributed by atoms with E-state index in [0.29, 0.717) is 18.2 Å². The van der Waals surface area contributed by atoms with Crippen LogP contribution in [0.15, 0.2) is 28.9 Å². The van der Waals surface area contributed by atoms with Gasteiger partial charge in [-0.3, -0.25) is 4.79 Å². The summed E-state index contributed by atoms with van der Waals surface area (Å²) in [6.45, 7) is 2.81. The smallest absolute Gasteiger partial charge is 0.244 e. The lowest BCUT2D eigenvalue weighted by molar-refractivity contribution is -0.116. The van der Waals surface area contributed by atoms with E-state index in [0.717, 1.165) is 12.8 Å². The Morgan fingerprint density at radius 1 is 1.65 bits per heavy atom. The second kappa shape index (κ2) is 7.68. The Kier molecular flexibility index (Phi) is 6.10. The predicted molar refractivity (Wildman–Crippen MR) is 66.2 cm³/mol. The second-order valence-electron chi connectivity index (χ2n) is 3.88. The van der Waals surface area contributed by atoms with Crippen LogP contribution in [0.2, 0.25) is 0 Å². The van der Waals surface area contributed by atoms with Gasteiger partial charge in [-0.1, -0.05) is 13.3 Å². The van der Waals surface area contributed by atoms with E-state index >= 15 is 0 Å². The van der Waals surface area contributed by atoms with Gasteiger partial charge in [0, 0.05) is 19.2 Å². The first-order valence-corrected chi connectivity index (χ1v) is 5.86. The molecule has 17 heavy (non-hydrogen) atoms. The van der Waals surface area contributed by atoms with Crippen molar-refractivity contribution in [3.8, 4) is 0 Å². The Morgan fingerprint density at radius 2 is 2.47 bits per heavy atom. The summed E-state index contributed by atoms with van der Waals surface area (Å²) in [4.78, 5) is 11.5. The van der Waals surface area contributed by atoms with Gasteiger partial charge in [0.25, 0.3) is 0 Å². The van der Waals surface area contributed by atoms with Crippen LogP contribution in [0.4, 0.5) is 0 Å². The number of aliphatic hydroxyl groups excluding tert-OH is 1. The molecule has 0 saturated carbocycles. The molecule has 1 unspecified atom stereocenters. The largest absolute Gasteiger partial charge is 0.465 e. The highest BCUT2D eigenvalue weighted by molar-refractivity contribution is 5.91. The molecule has 0 aliphatic heterocycles. The molecule has 0 aliphatic rings. The van der Waals surface area contributed by atoms with Crippen molar-refractivity contribution in [2.24, 2.45) is 5.92 Å². The lowest BCUT2D eigenvalue weighted by atomic mass is 10.0.